The predicted molar refractivity (Wildman–Crippen MR) is 255 cm³/mol. The number of hydrogen-bond acceptors (Lipinski definition) is 4. The van der Waals surface area contributed by atoms with Crippen LogP contribution in [0.15, 0.2) is 243 Å². The Labute approximate surface area is 381 Å². The van der Waals surface area contributed by atoms with Gasteiger partial charge < -0.3 is 17.0 Å². The third-order valence-electron chi connectivity index (χ3n) is 11.2. The quantitative estimate of drug-likeness (QED) is 0.0707. The zero-order valence-electron chi connectivity index (χ0n) is 35.4. The lowest BCUT2D eigenvalue weighted by Gasteiger charge is -2.52. The van der Waals surface area contributed by atoms with Crippen LogP contribution in [-0.4, -0.2) is 18.7 Å². The van der Waals surface area contributed by atoms with E-state index >= 15 is 0 Å². The number of nitrogens with zero attached hydrogens (tertiary/aromatic N) is 4. The van der Waals surface area contributed by atoms with E-state index in [0.29, 0.717) is 0 Å². The summed E-state index contributed by atoms with van der Waals surface area (Å²) in [4.78, 5) is 0. The van der Waals surface area contributed by atoms with Gasteiger partial charge in [0.2, 0.25) is 0 Å². The van der Waals surface area contributed by atoms with Gasteiger partial charge in [-0.2, -0.15) is 0 Å². The fourth-order valence-corrected chi connectivity index (χ4v) is 13.4. The number of rotatable bonds is 20. The summed E-state index contributed by atoms with van der Waals surface area (Å²) >= 11 is 0. The van der Waals surface area contributed by atoms with Crippen LogP contribution in [-0.2, 0) is 52.4 Å². The Hall–Kier alpha value is -5.49. The molecule has 8 aromatic carbocycles. The number of benzene rings is 8. The molecule has 0 aliphatic rings. The van der Waals surface area contributed by atoms with Crippen molar-refractivity contribution in [3.63, 3.8) is 0 Å². The van der Waals surface area contributed by atoms with Gasteiger partial charge in [-0.05, 0) is 44.5 Å². The second-order valence-corrected chi connectivity index (χ2v) is 19.0. The lowest BCUT2D eigenvalue weighted by Crippen LogP contribution is -3.00. The smallest absolute Gasteiger partial charge is 0.311 e. The van der Waals surface area contributed by atoms with Crippen LogP contribution in [0.25, 0.3) is 0 Å². The summed E-state index contributed by atoms with van der Waals surface area (Å²) in [6.45, 7) is 6.03. The average molecular weight is 896 g/mol. The highest BCUT2D eigenvalue weighted by Gasteiger charge is 2.62. The Morgan fingerprint density at radius 3 is 0.419 bits per heavy atom. The van der Waals surface area contributed by atoms with Crippen molar-refractivity contribution in [2.75, 3.05) is 0 Å². The zero-order chi connectivity index (χ0) is 41.4. The SMILES string of the molecule is [Br-].c1ccc(CN(Cc2ccccc2)[P+](N(Cc2ccccc2)Cc2ccccc2)(N(Cc2ccccc2)Cc2ccccc2)N(Cc2ccccc2)Cc2ccccc2)cc1. The van der Waals surface area contributed by atoms with Crippen molar-refractivity contribution in [3.8, 4) is 0 Å². The van der Waals surface area contributed by atoms with Crippen molar-refractivity contribution >= 4 is 7.87 Å². The molecule has 0 amide bonds. The molecule has 0 aliphatic carbocycles. The van der Waals surface area contributed by atoms with E-state index in [1.54, 1.807) is 0 Å². The third-order valence-corrected chi connectivity index (χ3v) is 15.3. The predicted octanol–water partition coefficient (Wildman–Crippen LogP) is 10.5. The van der Waals surface area contributed by atoms with Crippen LogP contribution in [0.4, 0.5) is 0 Å². The topological polar surface area (TPSA) is 13.0 Å². The third kappa shape index (κ3) is 11.9. The van der Waals surface area contributed by atoms with Gasteiger partial charge >= 0.3 is 7.87 Å². The van der Waals surface area contributed by atoms with E-state index in [4.69, 9.17) is 0 Å². The molecule has 0 atom stereocenters. The van der Waals surface area contributed by atoms with Crippen LogP contribution < -0.4 is 17.0 Å². The largest absolute Gasteiger partial charge is 1.00 e. The van der Waals surface area contributed by atoms with Crippen LogP contribution in [0.3, 0.4) is 0 Å². The molecule has 0 saturated carbocycles. The van der Waals surface area contributed by atoms with Crippen molar-refractivity contribution in [1.29, 1.82) is 0 Å². The Morgan fingerprint density at radius 2 is 0.306 bits per heavy atom. The summed E-state index contributed by atoms with van der Waals surface area (Å²) in [6, 6.07) is 89.1. The van der Waals surface area contributed by atoms with Crippen molar-refractivity contribution < 1.29 is 17.0 Å². The monoisotopic (exact) mass is 894 g/mol. The molecule has 8 aromatic rings. The summed E-state index contributed by atoms with van der Waals surface area (Å²) < 4.78 is 11.6. The highest BCUT2D eigenvalue weighted by molar-refractivity contribution is 7.66. The van der Waals surface area contributed by atoms with E-state index in [2.05, 4.69) is 261 Å². The van der Waals surface area contributed by atoms with Crippen molar-refractivity contribution in [3.05, 3.63) is 287 Å². The number of hydrogen-bond donors (Lipinski definition) is 0. The normalized spacial score (nSPS) is 11.5. The van der Waals surface area contributed by atoms with Gasteiger partial charge in [0.05, 0.1) is 52.4 Å². The highest BCUT2D eigenvalue weighted by atomic mass is 79.9. The van der Waals surface area contributed by atoms with Gasteiger partial charge in [0.25, 0.3) is 0 Å². The van der Waals surface area contributed by atoms with Crippen molar-refractivity contribution in [2.45, 2.75) is 52.4 Å². The van der Waals surface area contributed by atoms with Gasteiger partial charge in [-0.3, -0.25) is 0 Å². The molecule has 0 bridgehead atoms. The van der Waals surface area contributed by atoms with Gasteiger partial charge in [0.1, 0.15) is 0 Å². The standard InChI is InChI=1S/C56H56N4P.BrH/c1-9-25-49(26-10-1)41-57(42-50-27-11-2-12-28-50)61(58(43-51-29-13-3-14-30-51)44-52-31-15-4-16-32-52,59(45-53-33-17-5-18-34-53)46-54-35-19-6-20-36-54)60(47-55-37-21-7-22-38-55)48-56-39-23-8-24-40-56;/h1-40H,41-48H2;1H/q+1;/p-1. The molecule has 0 fully saturated rings. The van der Waals surface area contributed by atoms with Crippen LogP contribution in [0.2, 0.25) is 0 Å². The maximum Gasteiger partial charge on any atom is 0.311 e. The van der Waals surface area contributed by atoms with Crippen molar-refractivity contribution in [2.24, 2.45) is 0 Å². The fraction of sp³-hybridized carbons (Fsp3) is 0.143. The summed E-state index contributed by atoms with van der Waals surface area (Å²) in [5.74, 6) is 0. The summed E-state index contributed by atoms with van der Waals surface area (Å²) in [7, 11) is -2.93. The van der Waals surface area contributed by atoms with Crippen LogP contribution in [0, 0.1) is 0 Å². The van der Waals surface area contributed by atoms with Gasteiger partial charge in [0, 0.05) is 0 Å². The summed E-state index contributed by atoms with van der Waals surface area (Å²) in [5, 5.41) is 0. The van der Waals surface area contributed by atoms with Crippen LogP contribution >= 0.6 is 7.87 Å². The Kier molecular flexibility index (Phi) is 16.6. The molecule has 312 valence electrons. The molecule has 6 heteroatoms. The molecular formula is C56H56BrN4P. The highest BCUT2D eigenvalue weighted by Crippen LogP contribution is 2.73. The molecule has 0 aromatic heterocycles. The first-order chi connectivity index (χ1) is 30.2. The van der Waals surface area contributed by atoms with Gasteiger partial charge in [-0.15, -0.1) is 18.7 Å². The Morgan fingerprint density at radius 1 is 0.194 bits per heavy atom. The second kappa shape index (κ2) is 23.1. The van der Waals surface area contributed by atoms with E-state index in [9.17, 15) is 0 Å². The molecule has 0 N–H and O–H groups in total. The first-order valence-corrected chi connectivity index (χ1v) is 23.0. The maximum atomic E-state index is 2.89. The average Bonchev–Trinajstić information content (AvgIpc) is 3.32. The lowest BCUT2D eigenvalue weighted by molar-refractivity contribution is -0.0000121. The summed E-state index contributed by atoms with van der Waals surface area (Å²) in [5.41, 5.74) is 10.3. The molecule has 8 rings (SSSR count). The van der Waals surface area contributed by atoms with Crippen LogP contribution in [0.5, 0.6) is 0 Å². The molecule has 0 unspecified atom stereocenters. The summed E-state index contributed by atoms with van der Waals surface area (Å²) in [6.07, 6.45) is 0. The molecule has 0 radical (unpaired) electrons. The maximum absolute atomic E-state index is 2.93. The van der Waals surface area contributed by atoms with E-state index in [0.717, 1.165) is 52.4 Å². The molecule has 0 saturated heterocycles. The minimum absolute atomic E-state index is 0. The Bertz CT molecular complexity index is 1910. The number of halogens is 1. The molecule has 0 spiro atoms. The van der Waals surface area contributed by atoms with E-state index in [1.165, 1.54) is 44.5 Å². The van der Waals surface area contributed by atoms with Gasteiger partial charge in [-0.1, -0.05) is 243 Å². The first-order valence-electron chi connectivity index (χ1n) is 21.4. The first kappa shape index (κ1) is 44.6. The van der Waals surface area contributed by atoms with E-state index < -0.39 is 7.87 Å². The molecule has 0 aliphatic heterocycles. The van der Waals surface area contributed by atoms with E-state index in [-0.39, 0.29) is 17.0 Å². The minimum atomic E-state index is -2.93. The Balaban J connectivity index is 0.00000578. The molecule has 62 heavy (non-hydrogen) atoms. The van der Waals surface area contributed by atoms with Gasteiger partial charge in [-0.25, -0.2) is 0 Å². The minimum Gasteiger partial charge on any atom is -1.00 e. The molecular weight excluding hydrogens is 840 g/mol. The lowest BCUT2D eigenvalue weighted by atomic mass is 10.2. The van der Waals surface area contributed by atoms with Crippen molar-refractivity contribution in [1.82, 2.24) is 18.7 Å². The van der Waals surface area contributed by atoms with E-state index in [1.807, 2.05) is 0 Å². The second-order valence-electron chi connectivity index (χ2n) is 15.7. The zero-order valence-corrected chi connectivity index (χ0v) is 37.8. The van der Waals surface area contributed by atoms with Gasteiger partial charge in [0.15, 0.2) is 0 Å². The van der Waals surface area contributed by atoms with Crippen LogP contribution in [0.1, 0.15) is 44.5 Å². The molecule has 4 nitrogen and oxygen atoms in total. The fourth-order valence-electron chi connectivity index (χ4n) is 8.41. The molecule has 0 heterocycles.